The van der Waals surface area contributed by atoms with Crippen LogP contribution in [-0.4, -0.2) is 105 Å². The van der Waals surface area contributed by atoms with Crippen LogP contribution in [0.5, 0.6) is 5.75 Å². The lowest BCUT2D eigenvalue weighted by atomic mass is 10.0. The van der Waals surface area contributed by atoms with Crippen LogP contribution in [0.3, 0.4) is 0 Å². The van der Waals surface area contributed by atoms with Crippen molar-refractivity contribution >= 4 is 76.0 Å². The van der Waals surface area contributed by atoms with E-state index in [-0.39, 0.29) is 44.4 Å². The molecule has 0 unspecified atom stereocenters. The van der Waals surface area contributed by atoms with Crippen LogP contribution >= 0.6 is 22.6 Å². The van der Waals surface area contributed by atoms with Gasteiger partial charge in [0.1, 0.15) is 29.9 Å². The van der Waals surface area contributed by atoms with Crippen LogP contribution in [0.4, 0.5) is 15.3 Å². The number of carbonyl (C=O) groups excluding carboxylic acids is 4. The zero-order valence-electron chi connectivity index (χ0n) is 31.5. The first kappa shape index (κ1) is 46.9. The lowest BCUT2D eigenvalue weighted by Gasteiger charge is -2.20. The van der Waals surface area contributed by atoms with Crippen molar-refractivity contribution < 1.29 is 63.5 Å². The highest BCUT2D eigenvalue weighted by Crippen LogP contribution is 2.15. The summed E-state index contributed by atoms with van der Waals surface area (Å²) in [6.07, 6.45) is -0.398. The molecular weight excluding hydrogens is 887 g/mol. The lowest BCUT2D eigenvalue weighted by molar-refractivity contribution is -0.141. The highest BCUT2D eigenvalue weighted by molar-refractivity contribution is 14.1. The molecule has 0 radical (unpaired) electrons. The third-order valence-electron chi connectivity index (χ3n) is 8.45. The number of carbonyl (C=O) groups is 8. The summed E-state index contributed by atoms with van der Waals surface area (Å²) < 4.78 is 6.57. The number of aliphatic carboxylic acids is 4. The van der Waals surface area contributed by atoms with Crippen molar-refractivity contribution in [2.75, 3.05) is 18.5 Å². The summed E-state index contributed by atoms with van der Waals surface area (Å²) in [5.41, 5.74) is 1.83. The van der Waals surface area contributed by atoms with E-state index < -0.39 is 91.4 Å². The molecule has 0 aliphatic carbocycles. The highest BCUT2D eigenvalue weighted by Gasteiger charge is 2.26. The van der Waals surface area contributed by atoms with Crippen molar-refractivity contribution in [3.05, 3.63) is 93.6 Å². The van der Waals surface area contributed by atoms with E-state index >= 15 is 0 Å². The Labute approximate surface area is 351 Å². The number of hydrogen-bond acceptors (Lipinski definition) is 9. The minimum Gasteiger partial charge on any atom is -0.484 e. The van der Waals surface area contributed by atoms with Crippen molar-refractivity contribution in [2.24, 2.45) is 0 Å². The molecule has 3 rings (SSSR count). The zero-order chi connectivity index (χ0) is 43.3. The van der Waals surface area contributed by atoms with Crippen LogP contribution in [0.15, 0.2) is 78.9 Å². The van der Waals surface area contributed by atoms with Crippen molar-refractivity contribution in [1.82, 2.24) is 26.6 Å². The Hall–Kier alpha value is -6.45. The van der Waals surface area contributed by atoms with Gasteiger partial charge in [0.2, 0.25) is 5.91 Å². The van der Waals surface area contributed by atoms with E-state index in [0.717, 1.165) is 9.13 Å². The fourth-order valence-corrected chi connectivity index (χ4v) is 5.77. The number of carboxylic acid groups (broad SMARTS) is 4. The number of urea groups is 2. The quantitative estimate of drug-likeness (QED) is 0.0457. The summed E-state index contributed by atoms with van der Waals surface area (Å²) in [6, 6.07) is 15.2. The number of unbranched alkanes of at least 4 members (excludes halogenated alkanes) is 1. The molecule has 0 aliphatic heterocycles. The maximum Gasteiger partial charge on any atom is 0.326 e. The number of hydrogen-bond donors (Lipinski definition) is 10. The molecule has 316 valence electrons. The highest BCUT2D eigenvalue weighted by atomic mass is 127. The molecule has 10 N–H and O–H groups in total. The Bertz CT molecular complexity index is 1920. The van der Waals surface area contributed by atoms with Gasteiger partial charge in [0, 0.05) is 35.1 Å². The second kappa shape index (κ2) is 24.4. The van der Waals surface area contributed by atoms with Gasteiger partial charge >= 0.3 is 35.9 Å². The van der Waals surface area contributed by atoms with Crippen molar-refractivity contribution in [2.45, 2.75) is 69.1 Å². The molecule has 19 nitrogen and oxygen atoms in total. The molecule has 4 atom stereocenters. The van der Waals surface area contributed by atoms with Gasteiger partial charge in [-0.3, -0.25) is 14.4 Å². The van der Waals surface area contributed by atoms with Crippen LogP contribution in [0, 0.1) is 3.57 Å². The predicted molar refractivity (Wildman–Crippen MR) is 219 cm³/mol. The Balaban J connectivity index is 1.48. The van der Waals surface area contributed by atoms with E-state index in [4.69, 9.17) is 9.84 Å². The first-order chi connectivity index (χ1) is 28.1. The molecule has 3 aromatic carbocycles. The minimum absolute atomic E-state index is 0.0345. The van der Waals surface area contributed by atoms with Gasteiger partial charge in [-0.25, -0.2) is 24.0 Å². The third kappa shape index (κ3) is 18.1. The van der Waals surface area contributed by atoms with Gasteiger partial charge in [0.25, 0.3) is 5.91 Å². The van der Waals surface area contributed by atoms with E-state index in [1.807, 2.05) is 0 Å². The molecule has 0 heterocycles. The molecule has 59 heavy (non-hydrogen) atoms. The summed E-state index contributed by atoms with van der Waals surface area (Å²) in [5, 5.41) is 51.9. The second-order valence-corrected chi connectivity index (χ2v) is 14.3. The molecule has 0 saturated heterocycles. The third-order valence-corrected chi connectivity index (χ3v) is 9.16. The largest absolute Gasteiger partial charge is 0.484 e. The summed E-state index contributed by atoms with van der Waals surface area (Å²) in [5.74, 6) is -6.20. The monoisotopic (exact) mass is 932 g/mol. The van der Waals surface area contributed by atoms with Gasteiger partial charge in [-0.15, -0.1) is 0 Å². The van der Waals surface area contributed by atoms with Gasteiger partial charge in [-0.05, 0) is 95.8 Å². The van der Waals surface area contributed by atoms with Gasteiger partial charge in [-0.2, -0.15) is 0 Å². The summed E-state index contributed by atoms with van der Waals surface area (Å²) in [4.78, 5) is 96.5. The van der Waals surface area contributed by atoms with Crippen LogP contribution in [-0.2, 0) is 41.6 Å². The minimum atomic E-state index is -1.54. The smallest absolute Gasteiger partial charge is 0.326 e. The van der Waals surface area contributed by atoms with E-state index in [9.17, 15) is 53.7 Å². The van der Waals surface area contributed by atoms with Gasteiger partial charge < -0.3 is 57.1 Å². The second-order valence-electron chi connectivity index (χ2n) is 13.1. The fraction of sp³-hybridized carbons (Fsp3) is 0.333. The number of benzene rings is 3. The number of anilines is 1. The molecule has 0 fully saturated rings. The number of halogens is 1. The van der Waals surface area contributed by atoms with Gasteiger partial charge in [0.15, 0.2) is 6.61 Å². The van der Waals surface area contributed by atoms with Crippen LogP contribution in [0.25, 0.3) is 0 Å². The average Bonchev–Trinajstić information content (AvgIpc) is 3.19. The maximum absolute atomic E-state index is 13.2. The average molecular weight is 933 g/mol. The molecule has 0 bridgehead atoms. The SMILES string of the molecule is O=C(O)CC[C@H](NC(=O)N[C@@H](CCCCNC(=O)[C@H](Cc1ccccc1)NC(=O)COc1ccc(C[C@H](NC(=O)Nc2ccc(I)cc2)C(=O)O)cc1)C(=O)O)C(=O)O. The normalized spacial score (nSPS) is 12.6. The van der Waals surface area contributed by atoms with Crippen LogP contribution in [0.2, 0.25) is 0 Å². The standard InChI is InChI=1S/C39H45IN6O13/c40-25-11-13-26(14-12-25)42-38(57)46-31(37(55)56)21-24-9-15-27(16-10-24)59-22-32(47)43-30(20-23-6-2-1-3-7-23)34(50)41-19-5-4-8-28(35(51)52)44-39(58)45-29(36(53)54)17-18-33(48)49/h1-3,6-7,9-16,28-31H,4-5,8,17-22H2,(H,41,50)(H,43,47)(H,48,49)(H,51,52)(H,53,54)(H,55,56)(H2,42,46,57)(H2,44,45,58)/t28-,29-,30-,31-/m0/s1. The molecule has 6 amide bonds. The molecule has 20 heteroatoms. The lowest BCUT2D eigenvalue weighted by Crippen LogP contribution is -2.51. The van der Waals surface area contributed by atoms with Crippen LogP contribution < -0.4 is 36.6 Å². The van der Waals surface area contributed by atoms with Crippen molar-refractivity contribution in [3.8, 4) is 5.75 Å². The van der Waals surface area contributed by atoms with E-state index in [2.05, 4.69) is 54.5 Å². The molecular formula is C39H45IN6O13. The first-order valence-electron chi connectivity index (χ1n) is 18.2. The van der Waals surface area contributed by atoms with E-state index in [1.54, 1.807) is 66.7 Å². The summed E-state index contributed by atoms with van der Waals surface area (Å²) in [6.45, 7) is -0.368. The molecule has 0 aliphatic rings. The molecule has 0 saturated carbocycles. The Kier molecular flexibility index (Phi) is 19.4. The number of nitrogens with one attached hydrogen (secondary N) is 6. The molecule has 0 spiro atoms. The number of rotatable bonds is 24. The van der Waals surface area contributed by atoms with E-state index in [1.165, 1.54) is 12.1 Å². The van der Waals surface area contributed by atoms with Crippen molar-refractivity contribution in [3.63, 3.8) is 0 Å². The van der Waals surface area contributed by atoms with Crippen LogP contribution in [0.1, 0.15) is 43.2 Å². The summed E-state index contributed by atoms with van der Waals surface area (Å²) in [7, 11) is 0. The van der Waals surface area contributed by atoms with Gasteiger partial charge in [0.05, 0.1) is 0 Å². The molecule has 3 aromatic rings. The summed E-state index contributed by atoms with van der Waals surface area (Å²) >= 11 is 2.12. The van der Waals surface area contributed by atoms with Crippen molar-refractivity contribution in [1.29, 1.82) is 0 Å². The number of carboxylic acids is 4. The van der Waals surface area contributed by atoms with Gasteiger partial charge in [-0.1, -0.05) is 42.5 Å². The molecule has 0 aromatic heterocycles. The number of ether oxygens (including phenoxy) is 1. The fourth-order valence-electron chi connectivity index (χ4n) is 5.41. The Morgan fingerprint density at radius 3 is 1.75 bits per heavy atom. The predicted octanol–water partition coefficient (Wildman–Crippen LogP) is 2.57. The number of amides is 6. The zero-order valence-corrected chi connectivity index (χ0v) is 33.7. The maximum atomic E-state index is 13.2. The Morgan fingerprint density at radius 2 is 1.15 bits per heavy atom. The first-order valence-corrected chi connectivity index (χ1v) is 19.3. The Morgan fingerprint density at radius 1 is 0.593 bits per heavy atom. The van der Waals surface area contributed by atoms with E-state index in [0.29, 0.717) is 11.3 Å². The topological polar surface area (TPSA) is 299 Å².